The molecule has 0 atom stereocenters. The van der Waals surface area contributed by atoms with E-state index in [1.165, 1.54) is 12.8 Å². The average molecular weight is 364 g/mol. The minimum absolute atomic E-state index is 0.612. The lowest BCUT2D eigenvalue weighted by Gasteiger charge is -2.38. The van der Waals surface area contributed by atoms with Crippen molar-refractivity contribution in [3.05, 3.63) is 42.0 Å². The van der Waals surface area contributed by atoms with E-state index in [-0.39, 0.29) is 0 Å². The van der Waals surface area contributed by atoms with Crippen molar-refractivity contribution >= 4 is 17.0 Å². The zero-order valence-corrected chi connectivity index (χ0v) is 14.9. The molecule has 0 aliphatic heterocycles. The highest BCUT2D eigenvalue weighted by Crippen LogP contribution is 2.46. The Morgan fingerprint density at radius 2 is 1.96 bits per heavy atom. The number of ether oxygens (including phenoxy) is 1. The number of carbonyl (C=O) groups is 1. The fourth-order valence-corrected chi connectivity index (χ4v) is 3.78. The van der Waals surface area contributed by atoms with Crippen molar-refractivity contribution in [3.63, 3.8) is 0 Å². The number of benzene rings is 2. The molecule has 27 heavy (non-hydrogen) atoms. The Kier molecular flexibility index (Phi) is 3.67. The van der Waals surface area contributed by atoms with Crippen LogP contribution in [0, 0.1) is 5.92 Å². The number of aromatic nitrogens is 2. The smallest absolute Gasteiger partial charge is 0.314 e. The van der Waals surface area contributed by atoms with Gasteiger partial charge in [0.1, 0.15) is 16.8 Å². The molecule has 3 aromatic rings. The van der Waals surface area contributed by atoms with E-state index in [9.17, 15) is 9.90 Å². The lowest BCUT2D eigenvalue weighted by molar-refractivity contribution is -0.147. The number of hydrogen-bond donors (Lipinski definition) is 1. The monoisotopic (exact) mass is 364 g/mol. The predicted molar refractivity (Wildman–Crippen MR) is 98.6 cm³/mol. The van der Waals surface area contributed by atoms with E-state index in [1.807, 2.05) is 36.4 Å². The van der Waals surface area contributed by atoms with Gasteiger partial charge in [0.25, 0.3) is 0 Å². The summed E-state index contributed by atoms with van der Waals surface area (Å²) in [6, 6.07) is 11.6. The highest BCUT2D eigenvalue weighted by atomic mass is 16.6. The SMILES string of the molecule is O=C(O)C1(c2ccc(-c3ccc4nonc4c3)c(OCC3CC3)c2)CCC1. The summed E-state index contributed by atoms with van der Waals surface area (Å²) in [6.07, 6.45) is 4.71. The summed E-state index contributed by atoms with van der Waals surface area (Å²) in [5.74, 6) is 0.605. The standard InChI is InChI=1S/C21H20N2O4/c24-20(25)21(8-1-9-21)15-5-6-16(19(11-15)26-12-13-2-3-13)14-4-7-17-18(10-14)23-27-22-17/h4-7,10-11,13H,1-3,8-9,12H2,(H,24,25). The number of carboxylic acid groups (broad SMARTS) is 1. The van der Waals surface area contributed by atoms with E-state index in [2.05, 4.69) is 10.3 Å². The van der Waals surface area contributed by atoms with Gasteiger partial charge in [-0.1, -0.05) is 24.6 Å². The number of nitrogens with zero attached hydrogens (tertiary/aromatic N) is 2. The number of carboxylic acids is 1. The molecule has 2 saturated carbocycles. The summed E-state index contributed by atoms with van der Waals surface area (Å²) in [7, 11) is 0. The second-order valence-electron chi connectivity index (χ2n) is 7.67. The van der Waals surface area contributed by atoms with Gasteiger partial charge in [0.05, 0.1) is 12.0 Å². The summed E-state index contributed by atoms with van der Waals surface area (Å²) in [5, 5.41) is 17.5. The summed E-state index contributed by atoms with van der Waals surface area (Å²) >= 11 is 0. The molecular weight excluding hydrogens is 344 g/mol. The van der Waals surface area contributed by atoms with E-state index in [0.717, 1.165) is 28.9 Å². The van der Waals surface area contributed by atoms with Gasteiger partial charge in [0, 0.05) is 5.56 Å². The van der Waals surface area contributed by atoms with Crippen LogP contribution in [-0.2, 0) is 10.2 Å². The second-order valence-corrected chi connectivity index (χ2v) is 7.67. The number of rotatable bonds is 6. The van der Waals surface area contributed by atoms with E-state index >= 15 is 0 Å². The van der Waals surface area contributed by atoms with Gasteiger partial charge in [-0.25, -0.2) is 4.63 Å². The van der Waals surface area contributed by atoms with Crippen molar-refractivity contribution in [1.82, 2.24) is 10.3 Å². The molecule has 2 aliphatic rings. The van der Waals surface area contributed by atoms with Crippen molar-refractivity contribution < 1.29 is 19.3 Å². The number of aliphatic carboxylic acids is 1. The molecule has 0 saturated heterocycles. The van der Waals surface area contributed by atoms with Crippen LogP contribution in [0.25, 0.3) is 22.2 Å². The Balaban J connectivity index is 1.57. The van der Waals surface area contributed by atoms with Gasteiger partial charge in [0.2, 0.25) is 0 Å². The first-order valence-corrected chi connectivity index (χ1v) is 9.39. The first-order chi connectivity index (χ1) is 13.2. The second kappa shape index (κ2) is 6.08. The molecule has 0 unspecified atom stereocenters. The van der Waals surface area contributed by atoms with E-state index in [4.69, 9.17) is 9.37 Å². The Hall–Kier alpha value is -2.89. The molecule has 1 N–H and O–H groups in total. The Labute approximate surface area is 156 Å². The summed E-state index contributed by atoms with van der Waals surface area (Å²) in [6.45, 7) is 0.671. The van der Waals surface area contributed by atoms with Crippen molar-refractivity contribution in [2.24, 2.45) is 5.92 Å². The van der Waals surface area contributed by atoms with Gasteiger partial charge in [-0.3, -0.25) is 4.79 Å². The van der Waals surface area contributed by atoms with Gasteiger partial charge in [-0.15, -0.1) is 0 Å². The van der Waals surface area contributed by atoms with Crippen LogP contribution < -0.4 is 4.74 Å². The maximum atomic E-state index is 11.9. The molecule has 2 aromatic carbocycles. The molecule has 6 heteroatoms. The summed E-state index contributed by atoms with van der Waals surface area (Å²) in [5.41, 5.74) is 3.34. The molecule has 2 fully saturated rings. The molecule has 2 aliphatic carbocycles. The fraction of sp³-hybridized carbons (Fsp3) is 0.381. The van der Waals surface area contributed by atoms with Crippen LogP contribution >= 0.6 is 0 Å². The van der Waals surface area contributed by atoms with Crippen LogP contribution in [0.5, 0.6) is 5.75 Å². The molecule has 1 aromatic heterocycles. The highest BCUT2D eigenvalue weighted by molar-refractivity contribution is 5.85. The minimum Gasteiger partial charge on any atom is -0.493 e. The van der Waals surface area contributed by atoms with Gasteiger partial charge in [-0.2, -0.15) is 0 Å². The molecule has 5 rings (SSSR count). The molecule has 1 heterocycles. The van der Waals surface area contributed by atoms with Crippen LogP contribution in [0.1, 0.15) is 37.7 Å². The molecular formula is C21H20N2O4. The Morgan fingerprint density at radius 1 is 1.15 bits per heavy atom. The van der Waals surface area contributed by atoms with Crippen LogP contribution in [0.2, 0.25) is 0 Å². The van der Waals surface area contributed by atoms with Gasteiger partial charge in [0.15, 0.2) is 0 Å². The topological polar surface area (TPSA) is 85.5 Å². The summed E-state index contributed by atoms with van der Waals surface area (Å²) < 4.78 is 10.9. The van der Waals surface area contributed by atoms with Crippen molar-refractivity contribution in [2.45, 2.75) is 37.5 Å². The highest BCUT2D eigenvalue weighted by Gasteiger charge is 2.46. The minimum atomic E-state index is -0.768. The molecule has 0 spiro atoms. The maximum absolute atomic E-state index is 11.9. The van der Waals surface area contributed by atoms with Gasteiger partial charge in [-0.05, 0) is 71.2 Å². The maximum Gasteiger partial charge on any atom is 0.314 e. The van der Waals surface area contributed by atoms with Crippen LogP contribution in [-0.4, -0.2) is 28.0 Å². The normalized spacial score (nSPS) is 18.2. The lowest BCUT2D eigenvalue weighted by Crippen LogP contribution is -2.42. The Bertz CT molecular complexity index is 1020. The lowest BCUT2D eigenvalue weighted by atomic mass is 9.64. The third kappa shape index (κ3) is 2.76. The van der Waals surface area contributed by atoms with Crippen LogP contribution in [0.3, 0.4) is 0 Å². The third-order valence-electron chi connectivity index (χ3n) is 5.89. The quantitative estimate of drug-likeness (QED) is 0.706. The first-order valence-electron chi connectivity index (χ1n) is 9.39. The van der Waals surface area contributed by atoms with Gasteiger partial charge >= 0.3 is 5.97 Å². The number of hydrogen-bond acceptors (Lipinski definition) is 5. The molecule has 0 radical (unpaired) electrons. The van der Waals surface area contributed by atoms with Crippen molar-refractivity contribution in [3.8, 4) is 16.9 Å². The van der Waals surface area contributed by atoms with E-state index < -0.39 is 11.4 Å². The van der Waals surface area contributed by atoms with Crippen molar-refractivity contribution in [2.75, 3.05) is 6.61 Å². The predicted octanol–water partition coefficient (Wildman–Crippen LogP) is 4.18. The summed E-state index contributed by atoms with van der Waals surface area (Å²) in [4.78, 5) is 11.9. The zero-order chi connectivity index (χ0) is 18.4. The molecule has 0 amide bonds. The number of fused-ring (bicyclic) bond motifs is 1. The van der Waals surface area contributed by atoms with Crippen molar-refractivity contribution in [1.29, 1.82) is 0 Å². The molecule has 138 valence electrons. The Morgan fingerprint density at radius 3 is 2.67 bits per heavy atom. The van der Waals surface area contributed by atoms with E-state index in [1.54, 1.807) is 0 Å². The molecule has 6 nitrogen and oxygen atoms in total. The van der Waals surface area contributed by atoms with Gasteiger partial charge < -0.3 is 9.84 Å². The van der Waals surface area contributed by atoms with E-state index in [0.29, 0.717) is 36.4 Å². The fourth-order valence-electron chi connectivity index (χ4n) is 3.78. The third-order valence-corrected chi connectivity index (χ3v) is 5.89. The largest absolute Gasteiger partial charge is 0.493 e. The first kappa shape index (κ1) is 16.3. The van der Waals surface area contributed by atoms with Crippen LogP contribution in [0.4, 0.5) is 0 Å². The zero-order valence-electron chi connectivity index (χ0n) is 14.9. The average Bonchev–Trinajstić information content (AvgIpc) is 3.33. The van der Waals surface area contributed by atoms with Crippen LogP contribution in [0.15, 0.2) is 41.0 Å². The molecule has 0 bridgehead atoms.